The van der Waals surface area contributed by atoms with Gasteiger partial charge in [-0.3, -0.25) is 9.59 Å². The Labute approximate surface area is 208 Å². The van der Waals surface area contributed by atoms with Crippen molar-refractivity contribution in [3.63, 3.8) is 0 Å². The molecule has 182 valence electrons. The van der Waals surface area contributed by atoms with E-state index in [0.29, 0.717) is 34.3 Å². The molecule has 1 atom stereocenters. The van der Waals surface area contributed by atoms with E-state index in [4.69, 9.17) is 16.3 Å². The van der Waals surface area contributed by atoms with Crippen LogP contribution in [0.5, 0.6) is 0 Å². The van der Waals surface area contributed by atoms with Gasteiger partial charge in [0.2, 0.25) is 5.91 Å². The molecule has 1 aromatic heterocycles. The molecule has 1 amide bonds. The molecule has 2 aromatic carbocycles. The Kier molecular flexibility index (Phi) is 7.51. The highest BCUT2D eigenvalue weighted by atomic mass is 35.5. The smallest absolute Gasteiger partial charge is 0.338 e. The lowest BCUT2D eigenvalue weighted by atomic mass is 9.97. The number of ether oxygens (including phenoxy) is 1. The Hall–Kier alpha value is -3.65. The van der Waals surface area contributed by atoms with E-state index >= 15 is 0 Å². The minimum Gasteiger partial charge on any atom is -0.462 e. The predicted molar refractivity (Wildman–Crippen MR) is 136 cm³/mol. The first-order chi connectivity index (χ1) is 16.9. The standard InChI is InChI=1S/C26H27ClN4O4/c1-3-35-26(34)18-6-4-8-20(14-18)28-25(33)19-7-5-13-30(16-19)23-11-12-24(32)31(29-23)21-10-9-17(2)22(27)15-21/h4,6,8-12,14-15,19H,3,5,7,13,16H2,1-2H3,(H,28,33). The fourth-order valence-electron chi connectivity index (χ4n) is 4.05. The van der Waals surface area contributed by atoms with Crippen molar-refractivity contribution in [3.8, 4) is 5.69 Å². The summed E-state index contributed by atoms with van der Waals surface area (Å²) < 4.78 is 6.36. The molecule has 4 rings (SSSR count). The highest BCUT2D eigenvalue weighted by Gasteiger charge is 2.27. The summed E-state index contributed by atoms with van der Waals surface area (Å²) >= 11 is 6.24. The number of amides is 1. The van der Waals surface area contributed by atoms with Crippen molar-refractivity contribution in [2.75, 3.05) is 29.9 Å². The summed E-state index contributed by atoms with van der Waals surface area (Å²) in [7, 11) is 0. The van der Waals surface area contributed by atoms with Crippen LogP contribution >= 0.6 is 11.6 Å². The normalized spacial score (nSPS) is 15.5. The van der Waals surface area contributed by atoms with Crippen LogP contribution in [-0.2, 0) is 9.53 Å². The molecule has 35 heavy (non-hydrogen) atoms. The Morgan fingerprint density at radius 1 is 1.17 bits per heavy atom. The quantitative estimate of drug-likeness (QED) is 0.515. The van der Waals surface area contributed by atoms with Gasteiger partial charge in [-0.1, -0.05) is 23.7 Å². The topological polar surface area (TPSA) is 93.5 Å². The van der Waals surface area contributed by atoms with Gasteiger partial charge in [0.15, 0.2) is 0 Å². The molecule has 8 nitrogen and oxygen atoms in total. The zero-order valence-electron chi connectivity index (χ0n) is 19.7. The van der Waals surface area contributed by atoms with Crippen LogP contribution in [0.4, 0.5) is 11.5 Å². The number of hydrogen-bond donors (Lipinski definition) is 1. The number of nitrogens with one attached hydrogen (secondary N) is 1. The molecule has 2 heterocycles. The minimum absolute atomic E-state index is 0.130. The average Bonchev–Trinajstić information content (AvgIpc) is 2.86. The number of carbonyl (C=O) groups is 2. The Balaban J connectivity index is 1.49. The number of nitrogens with zero attached hydrogens (tertiary/aromatic N) is 3. The minimum atomic E-state index is -0.427. The van der Waals surface area contributed by atoms with Crippen LogP contribution in [0.3, 0.4) is 0 Å². The van der Waals surface area contributed by atoms with Gasteiger partial charge < -0.3 is 15.0 Å². The van der Waals surface area contributed by atoms with Gasteiger partial charge in [0.05, 0.1) is 23.8 Å². The van der Waals surface area contributed by atoms with Crippen LogP contribution < -0.4 is 15.8 Å². The largest absolute Gasteiger partial charge is 0.462 e. The van der Waals surface area contributed by atoms with Gasteiger partial charge >= 0.3 is 5.97 Å². The third kappa shape index (κ3) is 5.71. The molecule has 3 aromatic rings. The lowest BCUT2D eigenvalue weighted by Crippen LogP contribution is -2.41. The maximum absolute atomic E-state index is 13.0. The third-order valence-electron chi connectivity index (χ3n) is 5.94. The first kappa shape index (κ1) is 24.5. The molecule has 0 radical (unpaired) electrons. The van der Waals surface area contributed by atoms with Crippen LogP contribution in [0.15, 0.2) is 59.4 Å². The Bertz CT molecular complexity index is 1310. The first-order valence-corrected chi connectivity index (χ1v) is 11.9. The second kappa shape index (κ2) is 10.7. The van der Waals surface area contributed by atoms with Gasteiger partial charge in [0.25, 0.3) is 5.56 Å². The Morgan fingerprint density at radius 2 is 2.00 bits per heavy atom. The molecule has 0 bridgehead atoms. The zero-order valence-corrected chi connectivity index (χ0v) is 20.4. The molecule has 1 aliphatic heterocycles. The van der Waals surface area contributed by atoms with E-state index in [1.165, 1.54) is 10.7 Å². The van der Waals surface area contributed by atoms with Crippen molar-refractivity contribution in [1.29, 1.82) is 0 Å². The first-order valence-electron chi connectivity index (χ1n) is 11.6. The highest BCUT2D eigenvalue weighted by Crippen LogP contribution is 2.24. The van der Waals surface area contributed by atoms with E-state index in [0.717, 1.165) is 24.9 Å². The third-order valence-corrected chi connectivity index (χ3v) is 6.35. The molecule has 1 saturated heterocycles. The monoisotopic (exact) mass is 494 g/mol. The fraction of sp³-hybridized carbons (Fsp3) is 0.308. The number of aromatic nitrogens is 2. The summed E-state index contributed by atoms with van der Waals surface area (Å²) in [5.74, 6) is -0.216. The number of hydrogen-bond acceptors (Lipinski definition) is 6. The van der Waals surface area contributed by atoms with Crippen molar-refractivity contribution in [3.05, 3.63) is 81.1 Å². The van der Waals surface area contributed by atoms with E-state index in [2.05, 4.69) is 10.4 Å². The van der Waals surface area contributed by atoms with Crippen molar-refractivity contribution in [1.82, 2.24) is 9.78 Å². The van der Waals surface area contributed by atoms with Gasteiger partial charge in [-0.05, 0) is 68.7 Å². The average molecular weight is 495 g/mol. The van der Waals surface area contributed by atoms with E-state index in [-0.39, 0.29) is 24.0 Å². The Morgan fingerprint density at radius 3 is 2.77 bits per heavy atom. The van der Waals surface area contributed by atoms with E-state index in [1.807, 2.05) is 17.9 Å². The molecule has 0 aliphatic carbocycles. The van der Waals surface area contributed by atoms with E-state index in [1.54, 1.807) is 49.4 Å². The summed E-state index contributed by atoms with van der Waals surface area (Å²) in [5.41, 5.74) is 2.16. The number of halogens is 1. The molecule has 0 saturated carbocycles. The second-order valence-electron chi connectivity index (χ2n) is 8.45. The van der Waals surface area contributed by atoms with Crippen molar-refractivity contribution in [2.24, 2.45) is 5.92 Å². The number of esters is 1. The molecular weight excluding hydrogens is 468 g/mol. The molecule has 1 N–H and O–H groups in total. The predicted octanol–water partition coefficient (Wildman–Crippen LogP) is 4.23. The summed E-state index contributed by atoms with van der Waals surface area (Å²) in [5, 5.41) is 8.03. The van der Waals surface area contributed by atoms with Crippen molar-refractivity contribution in [2.45, 2.75) is 26.7 Å². The number of carbonyl (C=O) groups excluding carboxylic acids is 2. The molecule has 9 heteroatoms. The number of rotatable bonds is 6. The maximum atomic E-state index is 13.0. The van der Waals surface area contributed by atoms with Crippen LogP contribution in [0.2, 0.25) is 5.02 Å². The molecule has 1 aliphatic rings. The molecule has 0 spiro atoms. The second-order valence-corrected chi connectivity index (χ2v) is 8.86. The lowest BCUT2D eigenvalue weighted by molar-refractivity contribution is -0.120. The molecule has 1 fully saturated rings. The van der Waals surface area contributed by atoms with Gasteiger partial charge in [-0.25, -0.2) is 4.79 Å². The molecular formula is C26H27ClN4O4. The summed E-state index contributed by atoms with van der Waals surface area (Å²) in [6.45, 7) is 5.11. The van der Waals surface area contributed by atoms with Gasteiger partial charge in [0.1, 0.15) is 5.82 Å². The number of benzene rings is 2. The van der Waals surface area contributed by atoms with Crippen molar-refractivity contribution >= 4 is 35.0 Å². The maximum Gasteiger partial charge on any atom is 0.338 e. The molecule has 1 unspecified atom stereocenters. The SMILES string of the molecule is CCOC(=O)c1cccc(NC(=O)C2CCCN(c3ccc(=O)n(-c4ccc(C)c(Cl)c4)n3)C2)c1. The van der Waals surface area contributed by atoms with Crippen LogP contribution in [0.1, 0.15) is 35.7 Å². The van der Waals surface area contributed by atoms with Gasteiger partial charge in [-0.2, -0.15) is 4.68 Å². The number of piperidine rings is 1. The van der Waals surface area contributed by atoms with E-state index in [9.17, 15) is 14.4 Å². The van der Waals surface area contributed by atoms with E-state index < -0.39 is 5.97 Å². The van der Waals surface area contributed by atoms with Gasteiger partial charge in [0, 0.05) is 29.9 Å². The highest BCUT2D eigenvalue weighted by molar-refractivity contribution is 6.31. The summed E-state index contributed by atoms with van der Waals surface area (Å²) in [4.78, 5) is 39.5. The number of aryl methyl sites for hydroxylation is 1. The zero-order chi connectivity index (χ0) is 24.9. The van der Waals surface area contributed by atoms with Gasteiger partial charge in [-0.15, -0.1) is 5.10 Å². The van der Waals surface area contributed by atoms with Crippen LogP contribution in [0, 0.1) is 12.8 Å². The summed E-state index contributed by atoms with van der Waals surface area (Å²) in [6.07, 6.45) is 1.53. The van der Waals surface area contributed by atoms with Crippen LogP contribution in [-0.4, -0.2) is 41.4 Å². The number of anilines is 2. The fourth-order valence-corrected chi connectivity index (χ4v) is 4.23. The van der Waals surface area contributed by atoms with Crippen LogP contribution in [0.25, 0.3) is 5.69 Å². The lowest BCUT2D eigenvalue weighted by Gasteiger charge is -2.33. The van der Waals surface area contributed by atoms with Crippen molar-refractivity contribution < 1.29 is 14.3 Å². The summed E-state index contributed by atoms with van der Waals surface area (Å²) in [6, 6.07) is 15.2.